The number of carbonyl (C=O) groups excluding carboxylic acids is 1. The van der Waals surface area contributed by atoms with Gasteiger partial charge in [0.15, 0.2) is 12.4 Å². The number of para-hydroxylation sites is 1. The van der Waals surface area contributed by atoms with E-state index in [2.05, 4.69) is 17.1 Å². The van der Waals surface area contributed by atoms with Crippen molar-refractivity contribution in [3.63, 3.8) is 0 Å². The first-order valence-electron chi connectivity index (χ1n) is 7.63. The molecule has 1 saturated heterocycles. The molecule has 7 heteroatoms. The molecule has 0 saturated carbocycles. The Morgan fingerprint density at radius 2 is 2.30 bits per heavy atom. The molecule has 1 aliphatic heterocycles. The molecule has 2 heterocycles. The first-order chi connectivity index (χ1) is 11.3. The van der Waals surface area contributed by atoms with E-state index in [0.29, 0.717) is 25.6 Å². The van der Waals surface area contributed by atoms with Crippen molar-refractivity contribution < 1.29 is 18.8 Å². The lowest BCUT2D eigenvalue weighted by Crippen LogP contribution is -2.45. The Hall–Kier alpha value is -2.41. The van der Waals surface area contributed by atoms with E-state index in [9.17, 15) is 4.79 Å². The summed E-state index contributed by atoms with van der Waals surface area (Å²) in [6.45, 7) is 3.36. The molecule has 1 fully saturated rings. The van der Waals surface area contributed by atoms with E-state index in [-0.39, 0.29) is 18.6 Å². The van der Waals surface area contributed by atoms with E-state index in [1.807, 2.05) is 24.3 Å². The zero-order chi connectivity index (χ0) is 16.1. The maximum absolute atomic E-state index is 12.5. The highest BCUT2D eigenvalue weighted by molar-refractivity contribution is 5.78. The van der Waals surface area contributed by atoms with Crippen molar-refractivity contribution in [2.45, 2.75) is 19.4 Å². The normalized spacial score (nSPS) is 18.0. The zero-order valence-corrected chi connectivity index (χ0v) is 13.0. The molecule has 1 atom stereocenters. The third-order valence-corrected chi connectivity index (χ3v) is 3.83. The molecule has 0 aliphatic carbocycles. The molecule has 1 aliphatic rings. The van der Waals surface area contributed by atoms with Gasteiger partial charge in [0.2, 0.25) is 6.39 Å². The Labute approximate surface area is 134 Å². The van der Waals surface area contributed by atoms with Gasteiger partial charge >= 0.3 is 0 Å². The van der Waals surface area contributed by atoms with Gasteiger partial charge in [0, 0.05) is 6.54 Å². The average molecular weight is 317 g/mol. The van der Waals surface area contributed by atoms with Crippen LogP contribution in [-0.2, 0) is 16.0 Å². The van der Waals surface area contributed by atoms with Crippen LogP contribution in [0.5, 0.6) is 5.75 Å². The highest BCUT2D eigenvalue weighted by Gasteiger charge is 2.31. The third kappa shape index (κ3) is 3.50. The molecule has 0 unspecified atom stereocenters. The van der Waals surface area contributed by atoms with Crippen molar-refractivity contribution >= 4 is 5.91 Å². The second kappa shape index (κ2) is 7.23. The number of amides is 1. The molecule has 7 nitrogen and oxygen atoms in total. The molecule has 23 heavy (non-hydrogen) atoms. The van der Waals surface area contributed by atoms with Gasteiger partial charge in [-0.1, -0.05) is 30.3 Å². The predicted octanol–water partition coefficient (Wildman–Crippen LogP) is 1.61. The predicted molar refractivity (Wildman–Crippen MR) is 80.9 cm³/mol. The van der Waals surface area contributed by atoms with Gasteiger partial charge in [0.05, 0.1) is 13.2 Å². The lowest BCUT2D eigenvalue weighted by Gasteiger charge is -2.33. The van der Waals surface area contributed by atoms with Crippen molar-refractivity contribution in [3.8, 4) is 5.75 Å². The molecule has 2 aromatic rings. The minimum atomic E-state index is -0.333. The summed E-state index contributed by atoms with van der Waals surface area (Å²) in [5.41, 5.74) is 1.08. The standard InChI is InChI=1S/C16H19N3O4/c1-2-12-5-3-4-6-14(12)22-10-15(20)19-7-8-21-9-13(19)16-17-11-23-18-16/h3-6,11,13H,2,7-10H2,1H3/t13-/m1/s1. The first-order valence-corrected chi connectivity index (χ1v) is 7.63. The lowest BCUT2D eigenvalue weighted by atomic mass is 10.1. The summed E-state index contributed by atoms with van der Waals surface area (Å²) in [6.07, 6.45) is 2.11. The largest absolute Gasteiger partial charge is 0.483 e. The van der Waals surface area contributed by atoms with Gasteiger partial charge in [-0.05, 0) is 18.1 Å². The summed E-state index contributed by atoms with van der Waals surface area (Å²) < 4.78 is 15.9. The van der Waals surface area contributed by atoms with Crippen molar-refractivity contribution in [2.24, 2.45) is 0 Å². The maximum atomic E-state index is 12.5. The first kappa shape index (κ1) is 15.5. The molecule has 122 valence electrons. The number of benzene rings is 1. The zero-order valence-electron chi connectivity index (χ0n) is 13.0. The number of nitrogens with zero attached hydrogens (tertiary/aromatic N) is 3. The second-order valence-electron chi connectivity index (χ2n) is 5.22. The molecule has 1 amide bonds. The van der Waals surface area contributed by atoms with Crippen LogP contribution in [0.4, 0.5) is 0 Å². The molecule has 3 rings (SSSR count). The summed E-state index contributed by atoms with van der Waals surface area (Å²) in [7, 11) is 0. The van der Waals surface area contributed by atoms with Crippen molar-refractivity contribution in [2.75, 3.05) is 26.4 Å². The second-order valence-corrected chi connectivity index (χ2v) is 5.22. The van der Waals surface area contributed by atoms with Gasteiger partial charge in [-0.3, -0.25) is 4.79 Å². The molecular formula is C16H19N3O4. The fourth-order valence-electron chi connectivity index (χ4n) is 2.60. The van der Waals surface area contributed by atoms with Crippen LogP contribution in [0.3, 0.4) is 0 Å². The quantitative estimate of drug-likeness (QED) is 0.834. The number of hydrogen-bond acceptors (Lipinski definition) is 6. The number of ether oxygens (including phenoxy) is 2. The SMILES string of the molecule is CCc1ccccc1OCC(=O)N1CCOC[C@@H]1c1ncon1. The van der Waals surface area contributed by atoms with Crippen LogP contribution in [-0.4, -0.2) is 47.3 Å². The van der Waals surface area contributed by atoms with E-state index in [1.54, 1.807) is 4.90 Å². The Balaban J connectivity index is 1.66. The third-order valence-electron chi connectivity index (χ3n) is 3.83. The maximum Gasteiger partial charge on any atom is 0.261 e. The van der Waals surface area contributed by atoms with E-state index < -0.39 is 0 Å². The van der Waals surface area contributed by atoms with Crippen LogP contribution < -0.4 is 4.74 Å². The van der Waals surface area contributed by atoms with Crippen LogP contribution in [0, 0.1) is 0 Å². The van der Waals surface area contributed by atoms with Gasteiger partial charge in [0.1, 0.15) is 11.8 Å². The monoisotopic (exact) mass is 317 g/mol. The average Bonchev–Trinajstić information content (AvgIpc) is 3.14. The summed E-state index contributed by atoms with van der Waals surface area (Å²) in [6, 6.07) is 7.40. The topological polar surface area (TPSA) is 77.7 Å². The highest BCUT2D eigenvalue weighted by atomic mass is 16.5. The Morgan fingerprint density at radius 1 is 1.43 bits per heavy atom. The fraction of sp³-hybridized carbons (Fsp3) is 0.438. The van der Waals surface area contributed by atoms with Crippen molar-refractivity contribution in [3.05, 3.63) is 42.0 Å². The number of rotatable bonds is 5. The number of aromatic nitrogens is 2. The van der Waals surface area contributed by atoms with E-state index in [4.69, 9.17) is 14.0 Å². The molecule has 0 spiro atoms. The molecule has 1 aromatic carbocycles. The number of carbonyl (C=O) groups is 1. The van der Waals surface area contributed by atoms with Crippen LogP contribution in [0.15, 0.2) is 35.2 Å². The minimum absolute atomic E-state index is 0.0225. The highest BCUT2D eigenvalue weighted by Crippen LogP contribution is 2.22. The fourth-order valence-corrected chi connectivity index (χ4v) is 2.60. The Morgan fingerprint density at radius 3 is 3.09 bits per heavy atom. The molecule has 0 bridgehead atoms. The minimum Gasteiger partial charge on any atom is -0.483 e. The summed E-state index contributed by atoms with van der Waals surface area (Å²) in [5.74, 6) is 1.08. The van der Waals surface area contributed by atoms with Gasteiger partial charge in [-0.25, -0.2) is 0 Å². The molecule has 0 N–H and O–H groups in total. The van der Waals surface area contributed by atoms with Crippen LogP contribution in [0.25, 0.3) is 0 Å². The Bertz CT molecular complexity index is 645. The molecule has 0 radical (unpaired) electrons. The van der Waals surface area contributed by atoms with Crippen molar-refractivity contribution in [1.29, 1.82) is 0 Å². The van der Waals surface area contributed by atoms with E-state index in [1.165, 1.54) is 6.39 Å². The molecular weight excluding hydrogens is 298 g/mol. The van der Waals surface area contributed by atoms with Crippen LogP contribution in [0.1, 0.15) is 24.4 Å². The number of morpholine rings is 1. The van der Waals surface area contributed by atoms with Gasteiger partial charge < -0.3 is 18.9 Å². The molecule has 1 aromatic heterocycles. The summed E-state index contributed by atoms with van der Waals surface area (Å²) >= 11 is 0. The van der Waals surface area contributed by atoms with Gasteiger partial charge in [-0.15, -0.1) is 0 Å². The summed E-state index contributed by atoms with van der Waals surface area (Å²) in [4.78, 5) is 18.2. The number of aryl methyl sites for hydroxylation is 1. The van der Waals surface area contributed by atoms with E-state index >= 15 is 0 Å². The van der Waals surface area contributed by atoms with Gasteiger partial charge in [-0.2, -0.15) is 4.98 Å². The smallest absolute Gasteiger partial charge is 0.261 e. The Kier molecular flexibility index (Phi) is 4.87. The lowest BCUT2D eigenvalue weighted by molar-refractivity contribution is -0.142. The number of hydrogen-bond donors (Lipinski definition) is 0. The van der Waals surface area contributed by atoms with E-state index in [0.717, 1.165) is 17.7 Å². The van der Waals surface area contributed by atoms with Gasteiger partial charge in [0.25, 0.3) is 5.91 Å². The summed E-state index contributed by atoms with van der Waals surface area (Å²) in [5, 5.41) is 3.82. The van der Waals surface area contributed by atoms with Crippen LogP contribution in [0.2, 0.25) is 0 Å². The van der Waals surface area contributed by atoms with Crippen LogP contribution >= 0.6 is 0 Å². The van der Waals surface area contributed by atoms with Crippen molar-refractivity contribution in [1.82, 2.24) is 15.0 Å².